The smallest absolute Gasteiger partial charge is 0.129 e. The molecule has 0 bridgehead atoms. The normalized spacial score (nSPS) is 24.2. The molecule has 1 aliphatic rings. The fourth-order valence-corrected chi connectivity index (χ4v) is 2.71. The molecule has 2 unspecified atom stereocenters. The number of rotatable bonds is 2. The van der Waals surface area contributed by atoms with Crippen LogP contribution in [0.1, 0.15) is 11.7 Å². The Hall–Kier alpha value is -0.490. The SMILES string of the molecule is CN1CCN(C)C(C(O)c2cc(Br)ccc2F)C1. The van der Waals surface area contributed by atoms with Crippen LogP contribution in [0.4, 0.5) is 4.39 Å². The summed E-state index contributed by atoms with van der Waals surface area (Å²) in [6.45, 7) is 2.60. The van der Waals surface area contributed by atoms with Gasteiger partial charge in [0.1, 0.15) is 5.82 Å². The second kappa shape index (κ2) is 5.65. The van der Waals surface area contributed by atoms with Crippen molar-refractivity contribution in [1.82, 2.24) is 9.80 Å². The van der Waals surface area contributed by atoms with E-state index in [2.05, 4.69) is 25.7 Å². The number of hydrogen-bond donors (Lipinski definition) is 1. The van der Waals surface area contributed by atoms with E-state index < -0.39 is 6.10 Å². The van der Waals surface area contributed by atoms with E-state index in [9.17, 15) is 9.50 Å². The molecule has 1 aromatic rings. The van der Waals surface area contributed by atoms with E-state index in [1.807, 2.05) is 14.1 Å². The number of aliphatic hydroxyl groups is 1. The first-order valence-electron chi connectivity index (χ1n) is 6.01. The molecule has 0 saturated carbocycles. The van der Waals surface area contributed by atoms with Crippen molar-refractivity contribution in [1.29, 1.82) is 0 Å². The Kier molecular flexibility index (Phi) is 4.37. The molecular formula is C13H18BrFN2O. The van der Waals surface area contributed by atoms with Crippen molar-refractivity contribution < 1.29 is 9.50 Å². The first kappa shape index (κ1) is 13.9. The third-order valence-electron chi connectivity index (χ3n) is 3.54. The molecule has 0 aromatic heterocycles. The molecule has 1 fully saturated rings. The molecule has 0 amide bonds. The minimum absolute atomic E-state index is 0.0763. The van der Waals surface area contributed by atoms with Crippen LogP contribution in [0.15, 0.2) is 22.7 Å². The van der Waals surface area contributed by atoms with Crippen molar-refractivity contribution in [2.75, 3.05) is 33.7 Å². The van der Waals surface area contributed by atoms with Crippen LogP contribution in [0.25, 0.3) is 0 Å². The maximum Gasteiger partial charge on any atom is 0.129 e. The van der Waals surface area contributed by atoms with Crippen LogP contribution in [0.2, 0.25) is 0 Å². The lowest BCUT2D eigenvalue weighted by Crippen LogP contribution is -2.52. The Bertz CT molecular complexity index is 429. The summed E-state index contributed by atoms with van der Waals surface area (Å²) in [4.78, 5) is 4.24. The van der Waals surface area contributed by atoms with Crippen molar-refractivity contribution in [3.05, 3.63) is 34.1 Å². The Balaban J connectivity index is 2.23. The molecular weight excluding hydrogens is 299 g/mol. The topological polar surface area (TPSA) is 26.7 Å². The van der Waals surface area contributed by atoms with Gasteiger partial charge in [0.15, 0.2) is 0 Å². The highest BCUT2D eigenvalue weighted by molar-refractivity contribution is 9.10. The van der Waals surface area contributed by atoms with Gasteiger partial charge >= 0.3 is 0 Å². The Labute approximate surface area is 115 Å². The first-order valence-corrected chi connectivity index (χ1v) is 6.80. The van der Waals surface area contributed by atoms with Gasteiger partial charge in [0.05, 0.1) is 12.1 Å². The average molecular weight is 317 g/mol. The molecule has 1 aliphatic heterocycles. The molecule has 1 N–H and O–H groups in total. The van der Waals surface area contributed by atoms with Gasteiger partial charge in [-0.15, -0.1) is 0 Å². The maximum absolute atomic E-state index is 13.8. The second-order valence-corrected chi connectivity index (χ2v) is 5.84. The summed E-state index contributed by atoms with van der Waals surface area (Å²) >= 11 is 3.31. The van der Waals surface area contributed by atoms with Crippen molar-refractivity contribution in [3.8, 4) is 0 Å². The molecule has 3 nitrogen and oxygen atoms in total. The zero-order valence-electron chi connectivity index (χ0n) is 10.6. The minimum Gasteiger partial charge on any atom is -0.387 e. The van der Waals surface area contributed by atoms with E-state index in [-0.39, 0.29) is 11.9 Å². The van der Waals surface area contributed by atoms with Crippen LogP contribution >= 0.6 is 15.9 Å². The fraction of sp³-hybridized carbons (Fsp3) is 0.538. The molecule has 1 aromatic carbocycles. The number of likely N-dealkylation sites (N-methyl/N-ethyl adjacent to an activating group) is 2. The van der Waals surface area contributed by atoms with Crippen molar-refractivity contribution in [2.45, 2.75) is 12.1 Å². The predicted molar refractivity (Wildman–Crippen MR) is 73.0 cm³/mol. The molecule has 18 heavy (non-hydrogen) atoms. The van der Waals surface area contributed by atoms with Gasteiger partial charge in [-0.25, -0.2) is 4.39 Å². The van der Waals surface area contributed by atoms with E-state index in [1.165, 1.54) is 6.07 Å². The number of aliphatic hydroxyl groups excluding tert-OH is 1. The number of piperazine rings is 1. The molecule has 2 atom stereocenters. The van der Waals surface area contributed by atoms with Crippen LogP contribution in [0.5, 0.6) is 0 Å². The van der Waals surface area contributed by atoms with Crippen LogP contribution in [-0.4, -0.2) is 54.7 Å². The van der Waals surface area contributed by atoms with Gasteiger partial charge < -0.3 is 10.0 Å². The van der Waals surface area contributed by atoms with Gasteiger partial charge in [-0.1, -0.05) is 15.9 Å². The van der Waals surface area contributed by atoms with Gasteiger partial charge in [-0.3, -0.25) is 4.90 Å². The van der Waals surface area contributed by atoms with Gasteiger partial charge in [0.25, 0.3) is 0 Å². The minimum atomic E-state index is -0.810. The van der Waals surface area contributed by atoms with Gasteiger partial charge in [-0.05, 0) is 32.3 Å². The van der Waals surface area contributed by atoms with E-state index in [1.54, 1.807) is 12.1 Å². The highest BCUT2D eigenvalue weighted by Crippen LogP contribution is 2.27. The van der Waals surface area contributed by atoms with Crippen LogP contribution in [0, 0.1) is 5.82 Å². The first-order chi connectivity index (χ1) is 8.49. The lowest BCUT2D eigenvalue weighted by Gasteiger charge is -2.40. The quantitative estimate of drug-likeness (QED) is 0.902. The largest absolute Gasteiger partial charge is 0.387 e. The van der Waals surface area contributed by atoms with E-state index >= 15 is 0 Å². The predicted octanol–water partition coefficient (Wildman–Crippen LogP) is 1.87. The molecule has 0 radical (unpaired) electrons. The van der Waals surface area contributed by atoms with E-state index in [0.717, 1.165) is 24.1 Å². The summed E-state index contributed by atoms with van der Waals surface area (Å²) in [5.74, 6) is -0.354. The third kappa shape index (κ3) is 2.91. The van der Waals surface area contributed by atoms with E-state index in [4.69, 9.17) is 0 Å². The summed E-state index contributed by atoms with van der Waals surface area (Å²) in [6.07, 6.45) is -0.810. The zero-order chi connectivity index (χ0) is 13.3. The summed E-state index contributed by atoms with van der Waals surface area (Å²) in [5, 5.41) is 10.4. The summed E-state index contributed by atoms with van der Waals surface area (Å²) in [5.41, 5.74) is 0.358. The van der Waals surface area contributed by atoms with Crippen molar-refractivity contribution >= 4 is 15.9 Å². The number of benzene rings is 1. The molecule has 5 heteroatoms. The monoisotopic (exact) mass is 316 g/mol. The lowest BCUT2D eigenvalue weighted by molar-refractivity contribution is 0.0121. The Morgan fingerprint density at radius 3 is 2.83 bits per heavy atom. The second-order valence-electron chi connectivity index (χ2n) is 4.92. The standard InChI is InChI=1S/C13H18BrFN2O/c1-16-5-6-17(2)12(8-16)13(18)10-7-9(14)3-4-11(10)15/h3-4,7,12-13,18H,5-6,8H2,1-2H3. The number of hydrogen-bond acceptors (Lipinski definition) is 3. The van der Waals surface area contributed by atoms with Crippen LogP contribution in [-0.2, 0) is 0 Å². The summed E-state index contributed by atoms with van der Waals surface area (Å²) in [6, 6.07) is 4.60. The summed E-state index contributed by atoms with van der Waals surface area (Å²) in [7, 11) is 3.99. The van der Waals surface area contributed by atoms with Crippen LogP contribution < -0.4 is 0 Å². The maximum atomic E-state index is 13.8. The lowest BCUT2D eigenvalue weighted by atomic mass is 9.99. The van der Waals surface area contributed by atoms with Gasteiger partial charge in [0.2, 0.25) is 0 Å². The molecule has 1 saturated heterocycles. The van der Waals surface area contributed by atoms with Crippen molar-refractivity contribution in [2.24, 2.45) is 0 Å². The van der Waals surface area contributed by atoms with Crippen LogP contribution in [0.3, 0.4) is 0 Å². The molecule has 0 aliphatic carbocycles. The molecule has 1 heterocycles. The number of halogens is 2. The fourth-order valence-electron chi connectivity index (χ4n) is 2.33. The highest BCUT2D eigenvalue weighted by atomic mass is 79.9. The van der Waals surface area contributed by atoms with Gasteiger partial charge in [0, 0.05) is 29.7 Å². The Morgan fingerprint density at radius 2 is 2.11 bits per heavy atom. The van der Waals surface area contributed by atoms with Crippen molar-refractivity contribution in [3.63, 3.8) is 0 Å². The number of nitrogens with zero attached hydrogens (tertiary/aromatic N) is 2. The zero-order valence-corrected chi connectivity index (χ0v) is 12.2. The summed E-state index contributed by atoms with van der Waals surface area (Å²) < 4.78 is 14.6. The average Bonchev–Trinajstić information content (AvgIpc) is 2.34. The molecule has 100 valence electrons. The van der Waals surface area contributed by atoms with Gasteiger partial charge in [-0.2, -0.15) is 0 Å². The molecule has 2 rings (SSSR count). The van der Waals surface area contributed by atoms with E-state index in [0.29, 0.717) is 5.56 Å². The Morgan fingerprint density at radius 1 is 1.39 bits per heavy atom. The molecule has 0 spiro atoms. The highest BCUT2D eigenvalue weighted by Gasteiger charge is 2.31. The third-order valence-corrected chi connectivity index (χ3v) is 4.03.